The third kappa shape index (κ3) is 2.36. The average molecular weight is 224 g/mol. The Morgan fingerprint density at radius 3 is 2.25 bits per heavy atom. The zero-order valence-electron chi connectivity index (χ0n) is 9.65. The van der Waals surface area contributed by atoms with Gasteiger partial charge in [-0.25, -0.2) is 0 Å². The predicted octanol–water partition coefficient (Wildman–Crippen LogP) is 0.900. The number of amides is 2. The molecule has 0 aromatic heterocycles. The molecule has 1 saturated heterocycles. The summed E-state index contributed by atoms with van der Waals surface area (Å²) in [5.41, 5.74) is 5.31. The summed E-state index contributed by atoms with van der Waals surface area (Å²) in [6, 6.07) is 0. The van der Waals surface area contributed by atoms with E-state index in [9.17, 15) is 9.59 Å². The Labute approximate surface area is 96.2 Å². The fourth-order valence-corrected chi connectivity index (χ4v) is 2.84. The molecule has 90 valence electrons. The molecule has 0 aromatic rings. The van der Waals surface area contributed by atoms with Crippen LogP contribution in [0, 0.1) is 11.8 Å². The van der Waals surface area contributed by atoms with Crippen LogP contribution in [0.4, 0.5) is 0 Å². The van der Waals surface area contributed by atoms with E-state index in [2.05, 4.69) is 0 Å². The minimum atomic E-state index is -0.260. The second-order valence-corrected chi connectivity index (χ2v) is 5.01. The number of hydrogen-bond acceptors (Lipinski definition) is 2. The second-order valence-electron chi connectivity index (χ2n) is 5.01. The number of rotatable bonds is 2. The van der Waals surface area contributed by atoms with Gasteiger partial charge in [0.1, 0.15) is 0 Å². The van der Waals surface area contributed by atoms with E-state index in [-0.39, 0.29) is 23.7 Å². The van der Waals surface area contributed by atoms with Crippen LogP contribution in [0.5, 0.6) is 0 Å². The summed E-state index contributed by atoms with van der Waals surface area (Å²) in [5.74, 6) is 0.0816. The Morgan fingerprint density at radius 2 is 1.62 bits per heavy atom. The summed E-state index contributed by atoms with van der Waals surface area (Å²) in [4.78, 5) is 25.1. The van der Waals surface area contributed by atoms with Gasteiger partial charge >= 0.3 is 0 Å². The number of piperidine rings is 1. The van der Waals surface area contributed by atoms with E-state index in [4.69, 9.17) is 5.73 Å². The highest BCUT2D eigenvalue weighted by Gasteiger charge is 2.31. The third-order valence-electron chi connectivity index (χ3n) is 3.84. The summed E-state index contributed by atoms with van der Waals surface area (Å²) >= 11 is 0. The van der Waals surface area contributed by atoms with Crippen molar-refractivity contribution in [3.63, 3.8) is 0 Å². The highest BCUT2D eigenvalue weighted by Crippen LogP contribution is 2.28. The molecule has 1 atom stereocenters. The van der Waals surface area contributed by atoms with E-state index in [1.165, 1.54) is 12.8 Å². The number of carbonyl (C=O) groups is 2. The van der Waals surface area contributed by atoms with Crippen molar-refractivity contribution in [2.45, 2.75) is 38.5 Å². The lowest BCUT2D eigenvalue weighted by Gasteiger charge is -2.33. The maximum atomic E-state index is 12.1. The molecule has 2 rings (SSSR count). The molecule has 2 N–H and O–H groups in total. The molecule has 1 saturated carbocycles. The Kier molecular flexibility index (Phi) is 3.46. The van der Waals surface area contributed by atoms with Crippen molar-refractivity contribution in [1.29, 1.82) is 0 Å². The topological polar surface area (TPSA) is 63.4 Å². The molecule has 0 radical (unpaired) electrons. The fraction of sp³-hybridized carbons (Fsp3) is 0.833. The van der Waals surface area contributed by atoms with Crippen LogP contribution in [-0.4, -0.2) is 29.8 Å². The van der Waals surface area contributed by atoms with Crippen LogP contribution in [0.15, 0.2) is 0 Å². The van der Waals surface area contributed by atoms with Crippen LogP contribution in [0.1, 0.15) is 38.5 Å². The van der Waals surface area contributed by atoms with Gasteiger partial charge in [-0.15, -0.1) is 0 Å². The number of primary amides is 1. The largest absolute Gasteiger partial charge is 0.369 e. The lowest BCUT2D eigenvalue weighted by molar-refractivity contribution is -0.138. The smallest absolute Gasteiger partial charge is 0.225 e. The van der Waals surface area contributed by atoms with Gasteiger partial charge < -0.3 is 10.6 Å². The van der Waals surface area contributed by atoms with E-state index >= 15 is 0 Å². The quantitative estimate of drug-likeness (QED) is 0.757. The molecule has 1 aliphatic heterocycles. The second kappa shape index (κ2) is 4.85. The average Bonchev–Trinajstić information content (AvgIpc) is 2.81. The first-order valence-corrected chi connectivity index (χ1v) is 6.26. The molecule has 0 aromatic carbocycles. The Bertz CT molecular complexity index is 285. The van der Waals surface area contributed by atoms with Gasteiger partial charge in [-0.2, -0.15) is 0 Å². The minimum absolute atomic E-state index is 0.126. The van der Waals surface area contributed by atoms with E-state index in [1.54, 1.807) is 0 Å². The zero-order valence-corrected chi connectivity index (χ0v) is 9.65. The van der Waals surface area contributed by atoms with Gasteiger partial charge in [0.15, 0.2) is 0 Å². The summed E-state index contributed by atoms with van der Waals surface area (Å²) in [6.45, 7) is 1.35. The number of carbonyl (C=O) groups excluding carboxylic acids is 2. The zero-order chi connectivity index (χ0) is 11.5. The minimum Gasteiger partial charge on any atom is -0.369 e. The van der Waals surface area contributed by atoms with Crippen molar-refractivity contribution >= 4 is 11.8 Å². The van der Waals surface area contributed by atoms with Gasteiger partial charge in [0.05, 0.1) is 5.92 Å². The van der Waals surface area contributed by atoms with E-state index in [0.29, 0.717) is 6.54 Å². The molecule has 0 bridgehead atoms. The highest BCUT2D eigenvalue weighted by atomic mass is 16.2. The van der Waals surface area contributed by atoms with Crippen molar-refractivity contribution < 1.29 is 9.59 Å². The molecule has 0 spiro atoms. The van der Waals surface area contributed by atoms with Crippen LogP contribution < -0.4 is 5.73 Å². The monoisotopic (exact) mass is 224 g/mol. The molecule has 16 heavy (non-hydrogen) atoms. The summed E-state index contributed by atoms with van der Waals surface area (Å²) < 4.78 is 0. The van der Waals surface area contributed by atoms with Gasteiger partial charge in [-0.1, -0.05) is 12.8 Å². The molecule has 2 aliphatic rings. The highest BCUT2D eigenvalue weighted by molar-refractivity contribution is 5.81. The summed E-state index contributed by atoms with van der Waals surface area (Å²) in [6.07, 6.45) is 6.13. The summed E-state index contributed by atoms with van der Waals surface area (Å²) in [7, 11) is 0. The number of nitrogens with zero attached hydrogens (tertiary/aromatic N) is 1. The first-order valence-electron chi connectivity index (χ1n) is 6.26. The van der Waals surface area contributed by atoms with E-state index in [1.807, 2.05) is 4.90 Å². The van der Waals surface area contributed by atoms with Gasteiger partial charge in [-0.05, 0) is 25.7 Å². The van der Waals surface area contributed by atoms with Crippen LogP contribution in [0.25, 0.3) is 0 Å². The molecule has 1 heterocycles. The van der Waals surface area contributed by atoms with E-state index < -0.39 is 0 Å². The number of hydrogen-bond donors (Lipinski definition) is 1. The van der Waals surface area contributed by atoms with Crippen LogP contribution in [0.2, 0.25) is 0 Å². The van der Waals surface area contributed by atoms with Gasteiger partial charge in [0.25, 0.3) is 0 Å². The Hall–Kier alpha value is -1.06. The Balaban J connectivity index is 1.93. The van der Waals surface area contributed by atoms with Gasteiger partial charge in [0, 0.05) is 19.0 Å². The van der Waals surface area contributed by atoms with Crippen molar-refractivity contribution in [2.75, 3.05) is 13.1 Å². The molecule has 2 fully saturated rings. The van der Waals surface area contributed by atoms with Crippen molar-refractivity contribution in [3.05, 3.63) is 0 Å². The molecular formula is C12H20N2O2. The molecule has 1 unspecified atom stereocenters. The third-order valence-corrected chi connectivity index (χ3v) is 3.84. The van der Waals surface area contributed by atoms with Gasteiger partial charge in [0.2, 0.25) is 11.8 Å². The van der Waals surface area contributed by atoms with Crippen LogP contribution in [-0.2, 0) is 9.59 Å². The first kappa shape index (κ1) is 11.4. The maximum absolute atomic E-state index is 12.1. The number of nitrogens with two attached hydrogens (primary N) is 1. The van der Waals surface area contributed by atoms with Crippen LogP contribution >= 0.6 is 0 Å². The van der Waals surface area contributed by atoms with Crippen molar-refractivity contribution in [1.82, 2.24) is 4.90 Å². The lowest BCUT2D eigenvalue weighted by atomic mass is 9.95. The molecule has 1 aliphatic carbocycles. The SMILES string of the molecule is NC(=O)C1CCCN(C(=O)C2CCCC2)C1. The van der Waals surface area contributed by atoms with Crippen molar-refractivity contribution in [2.24, 2.45) is 17.6 Å². The molecule has 2 amide bonds. The fourth-order valence-electron chi connectivity index (χ4n) is 2.84. The van der Waals surface area contributed by atoms with Gasteiger partial charge in [-0.3, -0.25) is 9.59 Å². The molecule has 4 heteroatoms. The maximum Gasteiger partial charge on any atom is 0.225 e. The summed E-state index contributed by atoms with van der Waals surface area (Å²) in [5, 5.41) is 0. The Morgan fingerprint density at radius 1 is 1.00 bits per heavy atom. The normalized spacial score (nSPS) is 27.0. The van der Waals surface area contributed by atoms with Crippen LogP contribution in [0.3, 0.4) is 0 Å². The van der Waals surface area contributed by atoms with Crippen molar-refractivity contribution in [3.8, 4) is 0 Å². The first-order chi connectivity index (χ1) is 7.68. The molecule has 4 nitrogen and oxygen atoms in total. The van der Waals surface area contributed by atoms with E-state index in [0.717, 1.165) is 32.2 Å². The predicted molar refractivity (Wildman–Crippen MR) is 60.5 cm³/mol. The lowest BCUT2D eigenvalue weighted by Crippen LogP contribution is -2.45. The molecular weight excluding hydrogens is 204 g/mol. The number of likely N-dealkylation sites (tertiary alicyclic amines) is 1. The standard InChI is InChI=1S/C12H20N2O2/c13-11(15)10-6-3-7-14(8-10)12(16)9-4-1-2-5-9/h9-10H,1-8H2,(H2,13,15).